The predicted molar refractivity (Wildman–Crippen MR) is 105 cm³/mol. The molecule has 0 heterocycles. The second-order valence-electron chi connectivity index (χ2n) is 9.21. The fraction of sp³-hybridized carbons (Fsp3) is 0.478. The Morgan fingerprint density at radius 3 is 2.09 bits per heavy atom. The minimum absolute atomic E-state index is 0.0759. The molecule has 0 aromatic heterocycles. The minimum Gasteiger partial charge on any atom is -0.484 e. The molecular formula is C23H23F6NO2. The molecule has 5 rings (SSSR count). The Kier molecular flexibility index (Phi) is 5.10. The number of alkyl halides is 4. The Labute approximate surface area is 181 Å². The molecule has 3 fully saturated rings. The van der Waals surface area contributed by atoms with E-state index in [4.69, 9.17) is 10.5 Å². The SMILES string of the molecule is CC(F)(C12CC(c3ccc(OCC(F)(F)F)cc3)(C1)C2)C(O)(CN)c1ccc(F)cc1F. The summed E-state index contributed by atoms with van der Waals surface area (Å²) in [5, 5.41) is 11.2. The summed E-state index contributed by atoms with van der Waals surface area (Å²) >= 11 is 0. The van der Waals surface area contributed by atoms with Gasteiger partial charge in [-0.3, -0.25) is 0 Å². The van der Waals surface area contributed by atoms with E-state index in [9.17, 15) is 27.1 Å². The summed E-state index contributed by atoms with van der Waals surface area (Å²) in [4.78, 5) is 0. The second kappa shape index (κ2) is 7.12. The molecule has 3 aliphatic carbocycles. The van der Waals surface area contributed by atoms with Crippen LogP contribution in [0.2, 0.25) is 0 Å². The van der Waals surface area contributed by atoms with Gasteiger partial charge in [0.1, 0.15) is 28.7 Å². The third kappa shape index (κ3) is 3.28. The van der Waals surface area contributed by atoms with Gasteiger partial charge >= 0.3 is 6.18 Å². The largest absolute Gasteiger partial charge is 0.484 e. The molecular weight excluding hydrogens is 436 g/mol. The Bertz CT molecular complexity index is 1000. The van der Waals surface area contributed by atoms with Crippen molar-refractivity contribution in [3.8, 4) is 5.75 Å². The highest BCUT2D eigenvalue weighted by Gasteiger charge is 2.78. The third-order valence-corrected chi connectivity index (χ3v) is 7.34. The lowest BCUT2D eigenvalue weighted by molar-refractivity contribution is -0.283. The van der Waals surface area contributed by atoms with Gasteiger partial charge in [-0.1, -0.05) is 18.2 Å². The molecule has 32 heavy (non-hydrogen) atoms. The first kappa shape index (κ1) is 22.9. The molecule has 3 nitrogen and oxygen atoms in total. The van der Waals surface area contributed by atoms with Crippen LogP contribution in [0.1, 0.15) is 37.3 Å². The Morgan fingerprint density at radius 2 is 1.59 bits per heavy atom. The van der Waals surface area contributed by atoms with Gasteiger partial charge in [-0.05, 0) is 55.4 Å². The summed E-state index contributed by atoms with van der Waals surface area (Å²) in [5.74, 6) is -1.84. The smallest absolute Gasteiger partial charge is 0.422 e. The molecule has 2 aromatic rings. The maximum absolute atomic E-state index is 16.2. The first-order valence-electron chi connectivity index (χ1n) is 10.1. The van der Waals surface area contributed by atoms with Gasteiger partial charge in [0.15, 0.2) is 6.61 Å². The first-order valence-corrected chi connectivity index (χ1v) is 10.1. The summed E-state index contributed by atoms with van der Waals surface area (Å²) < 4.78 is 85.5. The number of nitrogens with two attached hydrogens (primary N) is 1. The average Bonchev–Trinajstić information content (AvgIpc) is 2.63. The molecule has 2 atom stereocenters. The molecule has 0 aliphatic heterocycles. The molecule has 0 radical (unpaired) electrons. The Balaban J connectivity index is 1.51. The van der Waals surface area contributed by atoms with Crippen LogP contribution in [0.4, 0.5) is 26.3 Å². The molecule has 0 saturated heterocycles. The van der Waals surface area contributed by atoms with Crippen molar-refractivity contribution in [2.24, 2.45) is 11.1 Å². The summed E-state index contributed by atoms with van der Waals surface area (Å²) in [6, 6.07) is 8.72. The monoisotopic (exact) mass is 459 g/mol. The summed E-state index contributed by atoms with van der Waals surface area (Å²) in [7, 11) is 0. The molecule has 2 bridgehead atoms. The fourth-order valence-electron chi connectivity index (χ4n) is 5.48. The predicted octanol–water partition coefficient (Wildman–Crippen LogP) is 4.90. The molecule has 2 aromatic carbocycles. The molecule has 2 unspecified atom stereocenters. The van der Waals surface area contributed by atoms with Crippen LogP contribution in [0.25, 0.3) is 0 Å². The van der Waals surface area contributed by atoms with E-state index in [1.807, 2.05) is 0 Å². The minimum atomic E-state index is -4.44. The van der Waals surface area contributed by atoms with Gasteiger partial charge < -0.3 is 15.6 Å². The molecule has 3 aliphatic rings. The van der Waals surface area contributed by atoms with Crippen molar-refractivity contribution >= 4 is 0 Å². The molecule has 9 heteroatoms. The lowest BCUT2D eigenvalue weighted by Crippen LogP contribution is -2.76. The van der Waals surface area contributed by atoms with E-state index in [1.54, 1.807) is 12.1 Å². The number of rotatable bonds is 7. The maximum Gasteiger partial charge on any atom is 0.422 e. The van der Waals surface area contributed by atoms with E-state index in [0.29, 0.717) is 25.3 Å². The zero-order valence-electron chi connectivity index (χ0n) is 17.3. The first-order chi connectivity index (χ1) is 14.8. The van der Waals surface area contributed by atoms with Crippen molar-refractivity contribution in [1.29, 1.82) is 0 Å². The summed E-state index contributed by atoms with van der Waals surface area (Å²) in [6.07, 6.45) is -3.35. The van der Waals surface area contributed by atoms with Crippen molar-refractivity contribution in [3.63, 3.8) is 0 Å². The second-order valence-corrected chi connectivity index (χ2v) is 9.21. The van der Waals surface area contributed by atoms with Gasteiger partial charge in [0, 0.05) is 23.6 Å². The standard InChI is InChI=1S/C23H23F6NO2/c1-19(26,22(31,12-30)17-7-4-15(24)8-18(17)25)21-9-20(10-21,11-21)14-2-5-16(6-3-14)32-13-23(27,28)29/h2-8,31H,9-13,30H2,1H3. The highest BCUT2D eigenvalue weighted by atomic mass is 19.4. The van der Waals surface area contributed by atoms with Crippen molar-refractivity contribution in [3.05, 3.63) is 65.2 Å². The number of hydrogen-bond acceptors (Lipinski definition) is 3. The Morgan fingerprint density at radius 1 is 1.00 bits per heavy atom. The van der Waals surface area contributed by atoms with Crippen molar-refractivity contribution in [1.82, 2.24) is 0 Å². The molecule has 3 N–H and O–H groups in total. The number of aliphatic hydroxyl groups is 1. The molecule has 174 valence electrons. The lowest BCUT2D eigenvalue weighted by atomic mass is 9.28. The van der Waals surface area contributed by atoms with Crippen LogP contribution in [-0.2, 0) is 11.0 Å². The molecule has 0 spiro atoms. The van der Waals surface area contributed by atoms with E-state index in [0.717, 1.165) is 17.7 Å². The zero-order chi connectivity index (χ0) is 23.6. The van der Waals surface area contributed by atoms with Gasteiger partial charge in [0.05, 0.1) is 0 Å². The maximum atomic E-state index is 16.2. The Hall–Kier alpha value is -2.26. The van der Waals surface area contributed by atoms with Gasteiger partial charge in [-0.2, -0.15) is 13.2 Å². The summed E-state index contributed by atoms with van der Waals surface area (Å²) in [6.45, 7) is -0.791. The number of ether oxygens (including phenoxy) is 1. The van der Waals surface area contributed by atoms with Crippen molar-refractivity contribution in [2.45, 2.75) is 49.0 Å². The van der Waals surface area contributed by atoms with Crippen LogP contribution in [0, 0.1) is 17.0 Å². The third-order valence-electron chi connectivity index (χ3n) is 7.34. The van der Waals surface area contributed by atoms with Gasteiger partial charge in [0.25, 0.3) is 0 Å². The normalized spacial score (nSPS) is 28.2. The number of hydrogen-bond donors (Lipinski definition) is 2. The van der Waals surface area contributed by atoms with Crippen molar-refractivity contribution in [2.75, 3.05) is 13.2 Å². The topological polar surface area (TPSA) is 55.5 Å². The van der Waals surface area contributed by atoms with Crippen LogP contribution in [0.5, 0.6) is 5.75 Å². The van der Waals surface area contributed by atoms with Crippen LogP contribution < -0.4 is 10.5 Å². The molecule has 3 saturated carbocycles. The fourth-order valence-corrected chi connectivity index (χ4v) is 5.48. The van der Waals surface area contributed by atoms with Gasteiger partial charge in [0.2, 0.25) is 0 Å². The van der Waals surface area contributed by atoms with Crippen LogP contribution in [-0.4, -0.2) is 30.1 Å². The van der Waals surface area contributed by atoms with E-state index in [1.165, 1.54) is 19.1 Å². The summed E-state index contributed by atoms with van der Waals surface area (Å²) in [5.41, 5.74) is 0.166. The van der Waals surface area contributed by atoms with Crippen LogP contribution in [0.15, 0.2) is 42.5 Å². The van der Waals surface area contributed by atoms with E-state index >= 15 is 4.39 Å². The number of benzene rings is 2. The quantitative estimate of drug-likeness (QED) is 0.579. The number of halogens is 6. The van der Waals surface area contributed by atoms with Crippen LogP contribution in [0.3, 0.4) is 0 Å². The van der Waals surface area contributed by atoms with E-state index in [2.05, 4.69) is 0 Å². The highest BCUT2D eigenvalue weighted by Crippen LogP contribution is 2.79. The molecule has 0 amide bonds. The average molecular weight is 459 g/mol. The van der Waals surface area contributed by atoms with Gasteiger partial charge in [-0.15, -0.1) is 0 Å². The van der Waals surface area contributed by atoms with E-state index in [-0.39, 0.29) is 11.2 Å². The zero-order valence-corrected chi connectivity index (χ0v) is 17.3. The highest BCUT2D eigenvalue weighted by molar-refractivity contribution is 5.45. The van der Waals surface area contributed by atoms with Crippen molar-refractivity contribution < 1.29 is 36.2 Å². The van der Waals surface area contributed by atoms with Gasteiger partial charge in [-0.25, -0.2) is 13.2 Å². The van der Waals surface area contributed by atoms with Crippen LogP contribution >= 0.6 is 0 Å². The lowest BCUT2D eigenvalue weighted by Gasteiger charge is -2.76. The van der Waals surface area contributed by atoms with E-state index < -0.39 is 53.2 Å².